The summed E-state index contributed by atoms with van der Waals surface area (Å²) in [5, 5.41) is 11.1. The minimum Gasteiger partial charge on any atom is -0.398 e. The number of carbonyl (C=O) groups excluding carboxylic acids is 2. The fourth-order valence-electron chi connectivity index (χ4n) is 3.18. The molecule has 0 radical (unpaired) electrons. The SMILES string of the molecule is N=C(/C=C(\N)c1ccc(F)cc1)c1ccccc1C(=O)N[C@@H](Cc1ccccc1)C(N)=O. The predicted molar refractivity (Wildman–Crippen MR) is 122 cm³/mol. The lowest BCUT2D eigenvalue weighted by Crippen LogP contribution is -2.46. The Kier molecular flexibility index (Phi) is 7.13. The van der Waals surface area contributed by atoms with Crippen molar-refractivity contribution in [1.82, 2.24) is 5.32 Å². The molecule has 3 rings (SSSR count). The number of benzene rings is 3. The molecule has 32 heavy (non-hydrogen) atoms. The first-order chi connectivity index (χ1) is 15.3. The lowest BCUT2D eigenvalue weighted by molar-refractivity contribution is -0.119. The number of nitrogens with one attached hydrogen (secondary N) is 2. The van der Waals surface area contributed by atoms with Crippen LogP contribution in [0.4, 0.5) is 4.39 Å². The Balaban J connectivity index is 1.82. The molecule has 0 saturated carbocycles. The zero-order valence-electron chi connectivity index (χ0n) is 17.2. The van der Waals surface area contributed by atoms with Gasteiger partial charge in [-0.25, -0.2) is 4.39 Å². The van der Waals surface area contributed by atoms with Crippen molar-refractivity contribution >= 4 is 23.2 Å². The molecule has 6 N–H and O–H groups in total. The average molecular weight is 430 g/mol. The molecule has 1 atom stereocenters. The number of nitrogens with two attached hydrogens (primary N) is 2. The lowest BCUT2D eigenvalue weighted by Gasteiger charge is -2.17. The molecule has 0 fully saturated rings. The summed E-state index contributed by atoms with van der Waals surface area (Å²) in [6.07, 6.45) is 1.65. The standard InChI is InChI=1S/C25H23FN4O2/c26-18-12-10-17(11-13-18)21(27)15-22(28)19-8-4-5-9-20(19)25(32)30-23(24(29)31)14-16-6-2-1-3-7-16/h1-13,15,23,28H,14,27H2,(H2,29,31)(H,30,32)/b21-15-,28-22?/t23-/m0/s1. The molecule has 0 aliphatic heterocycles. The topological polar surface area (TPSA) is 122 Å². The Bertz CT molecular complexity index is 1160. The van der Waals surface area contributed by atoms with Crippen molar-refractivity contribution in [2.24, 2.45) is 11.5 Å². The summed E-state index contributed by atoms with van der Waals surface area (Å²) in [6, 6.07) is 20.4. The number of hydrogen-bond donors (Lipinski definition) is 4. The van der Waals surface area contributed by atoms with E-state index in [2.05, 4.69) is 5.32 Å². The van der Waals surface area contributed by atoms with Gasteiger partial charge in [-0.3, -0.25) is 9.59 Å². The number of halogens is 1. The maximum atomic E-state index is 13.1. The molecule has 0 unspecified atom stereocenters. The summed E-state index contributed by atoms with van der Waals surface area (Å²) < 4.78 is 13.1. The van der Waals surface area contributed by atoms with Crippen molar-refractivity contribution in [3.05, 3.63) is 113 Å². The Morgan fingerprint density at radius 2 is 1.50 bits per heavy atom. The van der Waals surface area contributed by atoms with E-state index in [0.29, 0.717) is 11.1 Å². The van der Waals surface area contributed by atoms with Gasteiger partial charge < -0.3 is 22.2 Å². The van der Waals surface area contributed by atoms with Crippen molar-refractivity contribution in [2.45, 2.75) is 12.5 Å². The molecule has 3 aromatic carbocycles. The maximum absolute atomic E-state index is 13.1. The first kappa shape index (κ1) is 22.4. The van der Waals surface area contributed by atoms with Crippen LogP contribution in [0.1, 0.15) is 27.0 Å². The fraction of sp³-hybridized carbons (Fsp3) is 0.0800. The van der Waals surface area contributed by atoms with Crippen molar-refractivity contribution in [1.29, 1.82) is 5.41 Å². The van der Waals surface area contributed by atoms with E-state index in [1.54, 1.807) is 24.3 Å². The van der Waals surface area contributed by atoms with Crippen molar-refractivity contribution in [3.8, 4) is 0 Å². The van der Waals surface area contributed by atoms with E-state index in [9.17, 15) is 14.0 Å². The van der Waals surface area contributed by atoms with Gasteiger partial charge in [0.2, 0.25) is 5.91 Å². The van der Waals surface area contributed by atoms with Gasteiger partial charge in [-0.2, -0.15) is 0 Å². The van der Waals surface area contributed by atoms with Crippen LogP contribution in [0, 0.1) is 11.2 Å². The molecule has 162 valence electrons. The van der Waals surface area contributed by atoms with Gasteiger partial charge in [-0.15, -0.1) is 0 Å². The van der Waals surface area contributed by atoms with Gasteiger partial charge in [0.25, 0.3) is 5.91 Å². The maximum Gasteiger partial charge on any atom is 0.252 e. The van der Waals surface area contributed by atoms with E-state index >= 15 is 0 Å². The quantitative estimate of drug-likeness (QED) is 0.411. The van der Waals surface area contributed by atoms with Gasteiger partial charge in [0.15, 0.2) is 0 Å². The Morgan fingerprint density at radius 1 is 0.906 bits per heavy atom. The molecule has 0 aliphatic rings. The summed E-state index contributed by atoms with van der Waals surface area (Å²) in [5.74, 6) is -1.58. The second-order valence-electron chi connectivity index (χ2n) is 7.18. The van der Waals surface area contributed by atoms with Gasteiger partial charge in [0.1, 0.15) is 11.9 Å². The molecule has 3 aromatic rings. The highest BCUT2D eigenvalue weighted by atomic mass is 19.1. The molecule has 0 bridgehead atoms. The first-order valence-electron chi connectivity index (χ1n) is 9.90. The van der Waals surface area contributed by atoms with Crippen LogP contribution in [-0.2, 0) is 11.2 Å². The molecular weight excluding hydrogens is 407 g/mol. The number of allylic oxidation sites excluding steroid dienone is 1. The smallest absolute Gasteiger partial charge is 0.252 e. The fourth-order valence-corrected chi connectivity index (χ4v) is 3.18. The molecule has 0 spiro atoms. The predicted octanol–water partition coefficient (Wildman–Crippen LogP) is 3.02. The number of primary amides is 1. The van der Waals surface area contributed by atoms with Crippen molar-refractivity contribution < 1.29 is 14.0 Å². The summed E-state index contributed by atoms with van der Waals surface area (Å²) in [6.45, 7) is 0. The summed E-state index contributed by atoms with van der Waals surface area (Å²) >= 11 is 0. The third-order valence-corrected chi connectivity index (χ3v) is 4.87. The first-order valence-corrected chi connectivity index (χ1v) is 9.90. The summed E-state index contributed by atoms with van der Waals surface area (Å²) in [4.78, 5) is 24.9. The lowest BCUT2D eigenvalue weighted by atomic mass is 9.99. The summed E-state index contributed by atoms with van der Waals surface area (Å²) in [7, 11) is 0. The Morgan fingerprint density at radius 3 is 2.12 bits per heavy atom. The third-order valence-electron chi connectivity index (χ3n) is 4.87. The molecule has 2 amide bonds. The highest BCUT2D eigenvalue weighted by molar-refractivity contribution is 6.16. The third kappa shape index (κ3) is 5.66. The zero-order chi connectivity index (χ0) is 23.1. The minimum absolute atomic E-state index is 0.00346. The van der Waals surface area contributed by atoms with E-state index in [0.717, 1.165) is 5.56 Å². The number of rotatable bonds is 8. The van der Waals surface area contributed by atoms with Crippen molar-refractivity contribution in [2.75, 3.05) is 0 Å². The molecular formula is C25H23FN4O2. The normalized spacial score (nSPS) is 12.1. The molecule has 0 aromatic heterocycles. The monoisotopic (exact) mass is 430 g/mol. The molecule has 6 nitrogen and oxygen atoms in total. The Hall–Kier alpha value is -4.26. The van der Waals surface area contributed by atoms with E-state index in [4.69, 9.17) is 16.9 Å². The largest absolute Gasteiger partial charge is 0.398 e. The highest BCUT2D eigenvalue weighted by Crippen LogP contribution is 2.15. The average Bonchev–Trinajstić information content (AvgIpc) is 2.79. The number of carbonyl (C=O) groups is 2. The van der Waals surface area contributed by atoms with E-state index in [1.165, 1.54) is 30.3 Å². The van der Waals surface area contributed by atoms with Crippen molar-refractivity contribution in [3.63, 3.8) is 0 Å². The van der Waals surface area contributed by atoms with Gasteiger partial charge >= 0.3 is 0 Å². The number of hydrogen-bond acceptors (Lipinski definition) is 4. The van der Waals surface area contributed by atoms with E-state index < -0.39 is 23.7 Å². The molecule has 0 heterocycles. The van der Waals surface area contributed by atoms with Gasteiger partial charge in [0, 0.05) is 23.2 Å². The zero-order valence-corrected chi connectivity index (χ0v) is 17.2. The minimum atomic E-state index is -0.910. The molecule has 0 saturated heterocycles. The van der Waals surface area contributed by atoms with Gasteiger partial charge in [-0.05, 0) is 35.4 Å². The van der Waals surface area contributed by atoms with Crippen LogP contribution in [-0.4, -0.2) is 23.6 Å². The summed E-state index contributed by atoms with van der Waals surface area (Å²) in [5.41, 5.74) is 13.7. The van der Waals surface area contributed by atoms with Crippen LogP contribution in [0.15, 0.2) is 84.9 Å². The van der Waals surface area contributed by atoms with Crippen LogP contribution in [0.5, 0.6) is 0 Å². The van der Waals surface area contributed by atoms with Crippen LogP contribution < -0.4 is 16.8 Å². The van der Waals surface area contributed by atoms with Crippen LogP contribution in [0.3, 0.4) is 0 Å². The van der Waals surface area contributed by atoms with Gasteiger partial charge in [-0.1, -0.05) is 60.7 Å². The van der Waals surface area contributed by atoms with E-state index in [1.807, 2.05) is 30.3 Å². The second-order valence-corrected chi connectivity index (χ2v) is 7.18. The number of amides is 2. The van der Waals surface area contributed by atoms with Crippen LogP contribution in [0.2, 0.25) is 0 Å². The molecule has 0 aliphatic carbocycles. The van der Waals surface area contributed by atoms with Crippen LogP contribution in [0.25, 0.3) is 5.70 Å². The van der Waals surface area contributed by atoms with E-state index in [-0.39, 0.29) is 23.4 Å². The van der Waals surface area contributed by atoms with Gasteiger partial charge in [0.05, 0.1) is 5.71 Å². The highest BCUT2D eigenvalue weighted by Gasteiger charge is 2.21. The van der Waals surface area contributed by atoms with Crippen LogP contribution >= 0.6 is 0 Å². The second kappa shape index (κ2) is 10.2. The molecule has 7 heteroatoms. The Labute approximate surface area is 185 Å².